The van der Waals surface area contributed by atoms with Crippen molar-refractivity contribution in [3.05, 3.63) is 89.5 Å². The highest BCUT2D eigenvalue weighted by Crippen LogP contribution is 2.19. The first-order valence-corrected chi connectivity index (χ1v) is 10.0. The van der Waals surface area contributed by atoms with Gasteiger partial charge in [0, 0.05) is 24.1 Å². The average molecular weight is 415 g/mol. The summed E-state index contributed by atoms with van der Waals surface area (Å²) in [5, 5.41) is 2.80. The molecule has 6 nitrogen and oxygen atoms in total. The summed E-state index contributed by atoms with van der Waals surface area (Å²) in [6.45, 7) is 3.89. The molecule has 0 radical (unpaired) electrons. The van der Waals surface area contributed by atoms with E-state index in [1.807, 2.05) is 74.5 Å². The summed E-state index contributed by atoms with van der Waals surface area (Å²) < 4.78 is 0. The van der Waals surface area contributed by atoms with Gasteiger partial charge in [-0.3, -0.25) is 25.2 Å². The number of rotatable bonds is 6. The van der Waals surface area contributed by atoms with Crippen LogP contribution in [-0.2, 0) is 9.59 Å². The largest absolute Gasteiger partial charge is 0.326 e. The van der Waals surface area contributed by atoms with Crippen molar-refractivity contribution in [2.24, 2.45) is 0 Å². The van der Waals surface area contributed by atoms with Gasteiger partial charge in [-0.25, -0.2) is 0 Å². The number of nitrogens with one attached hydrogen (secondary N) is 3. The molecule has 0 aliphatic heterocycles. The van der Waals surface area contributed by atoms with Crippen molar-refractivity contribution in [1.82, 2.24) is 10.9 Å². The Labute approximate surface area is 181 Å². The smallest absolute Gasteiger partial charge is 0.269 e. The normalized spacial score (nSPS) is 10.3. The number of hydrogen-bond acceptors (Lipinski definition) is 3. The Morgan fingerprint density at radius 3 is 2.03 bits per heavy atom. The van der Waals surface area contributed by atoms with Crippen LogP contribution in [0.3, 0.4) is 0 Å². The van der Waals surface area contributed by atoms with Gasteiger partial charge in [0.2, 0.25) is 11.8 Å². The molecule has 0 atom stereocenters. The molecule has 0 saturated heterocycles. The molecule has 0 aliphatic carbocycles. The summed E-state index contributed by atoms with van der Waals surface area (Å²) >= 11 is 0. The highest BCUT2D eigenvalue weighted by molar-refractivity contribution is 5.97. The SMILES string of the molecule is Cc1ccc(NC(=O)CCC(=O)NNC(=O)c2ccc(-c3ccccc3)cc2)c(C)c1. The summed E-state index contributed by atoms with van der Waals surface area (Å²) in [5.41, 5.74) is 10.00. The number of amides is 3. The third-order valence-electron chi connectivity index (χ3n) is 4.80. The zero-order valence-corrected chi connectivity index (χ0v) is 17.6. The second kappa shape index (κ2) is 10.2. The summed E-state index contributed by atoms with van der Waals surface area (Å²) in [6.07, 6.45) is -0.0231. The zero-order chi connectivity index (χ0) is 22.2. The van der Waals surface area contributed by atoms with Crippen LogP contribution in [0.4, 0.5) is 5.69 Å². The molecule has 0 aromatic heterocycles. The molecule has 3 N–H and O–H groups in total. The Hall–Kier alpha value is -3.93. The van der Waals surface area contributed by atoms with Gasteiger partial charge in [0.25, 0.3) is 5.91 Å². The molecular weight excluding hydrogens is 390 g/mol. The van der Waals surface area contributed by atoms with E-state index in [0.717, 1.165) is 27.9 Å². The third-order valence-corrected chi connectivity index (χ3v) is 4.80. The van der Waals surface area contributed by atoms with Crippen molar-refractivity contribution in [3.8, 4) is 11.1 Å². The van der Waals surface area contributed by atoms with Gasteiger partial charge in [0.05, 0.1) is 0 Å². The molecule has 3 aromatic rings. The van der Waals surface area contributed by atoms with Crippen LogP contribution < -0.4 is 16.2 Å². The molecule has 0 fully saturated rings. The molecular formula is C25H25N3O3. The molecule has 0 aliphatic rings. The minimum Gasteiger partial charge on any atom is -0.326 e. The Bertz CT molecular complexity index is 1080. The van der Waals surface area contributed by atoms with Gasteiger partial charge in [-0.05, 0) is 48.7 Å². The Balaban J connectivity index is 1.43. The standard InChI is InChI=1S/C25H25N3O3/c1-17-8-13-22(18(2)16-17)26-23(29)14-15-24(30)27-28-25(31)21-11-9-20(10-12-21)19-6-4-3-5-7-19/h3-13,16H,14-15H2,1-2H3,(H,26,29)(H,27,30)(H,28,31). The predicted molar refractivity (Wildman–Crippen MR) is 121 cm³/mol. The molecule has 3 rings (SSSR count). The summed E-state index contributed by atoms with van der Waals surface area (Å²) in [7, 11) is 0. The van der Waals surface area contributed by atoms with Crippen molar-refractivity contribution >= 4 is 23.4 Å². The molecule has 0 saturated carbocycles. The fourth-order valence-electron chi connectivity index (χ4n) is 3.10. The number of hydrogen-bond donors (Lipinski definition) is 3. The molecule has 0 bridgehead atoms. The number of anilines is 1. The minimum atomic E-state index is -0.440. The highest BCUT2D eigenvalue weighted by Gasteiger charge is 2.11. The van der Waals surface area contributed by atoms with Gasteiger partial charge in [-0.1, -0.05) is 60.2 Å². The topological polar surface area (TPSA) is 87.3 Å². The van der Waals surface area contributed by atoms with Crippen LogP contribution in [0.15, 0.2) is 72.8 Å². The van der Waals surface area contributed by atoms with Crippen molar-refractivity contribution in [2.45, 2.75) is 26.7 Å². The van der Waals surface area contributed by atoms with E-state index in [9.17, 15) is 14.4 Å². The summed E-state index contributed by atoms with van der Waals surface area (Å²) in [6, 6.07) is 22.7. The lowest BCUT2D eigenvalue weighted by molar-refractivity contribution is -0.124. The number of benzene rings is 3. The monoisotopic (exact) mass is 415 g/mol. The fourth-order valence-corrected chi connectivity index (χ4v) is 3.10. The molecule has 0 unspecified atom stereocenters. The van der Waals surface area contributed by atoms with E-state index >= 15 is 0 Å². The fraction of sp³-hybridized carbons (Fsp3) is 0.160. The Morgan fingerprint density at radius 1 is 0.710 bits per heavy atom. The van der Waals surface area contributed by atoms with Crippen molar-refractivity contribution in [2.75, 3.05) is 5.32 Å². The molecule has 6 heteroatoms. The van der Waals surface area contributed by atoms with Crippen LogP contribution in [0.5, 0.6) is 0 Å². The molecule has 0 spiro atoms. The highest BCUT2D eigenvalue weighted by atomic mass is 16.2. The summed E-state index contributed by atoms with van der Waals surface area (Å²) in [5.74, 6) is -1.12. The lowest BCUT2D eigenvalue weighted by atomic mass is 10.0. The van der Waals surface area contributed by atoms with E-state index in [1.165, 1.54) is 0 Å². The van der Waals surface area contributed by atoms with E-state index < -0.39 is 11.8 Å². The van der Waals surface area contributed by atoms with Gasteiger partial charge < -0.3 is 5.32 Å². The van der Waals surface area contributed by atoms with Crippen LogP contribution in [-0.4, -0.2) is 17.7 Å². The first kappa shape index (κ1) is 21.8. The lowest BCUT2D eigenvalue weighted by Gasteiger charge is -2.10. The summed E-state index contributed by atoms with van der Waals surface area (Å²) in [4.78, 5) is 36.3. The van der Waals surface area contributed by atoms with Gasteiger partial charge in [-0.15, -0.1) is 0 Å². The van der Waals surface area contributed by atoms with Crippen LogP contribution in [0.1, 0.15) is 34.3 Å². The van der Waals surface area contributed by atoms with E-state index in [-0.39, 0.29) is 18.7 Å². The van der Waals surface area contributed by atoms with Gasteiger partial charge >= 0.3 is 0 Å². The zero-order valence-electron chi connectivity index (χ0n) is 17.6. The van der Waals surface area contributed by atoms with Gasteiger partial charge in [-0.2, -0.15) is 0 Å². The third kappa shape index (κ3) is 6.27. The van der Waals surface area contributed by atoms with E-state index in [0.29, 0.717) is 5.56 Å². The number of carbonyl (C=O) groups excluding carboxylic acids is 3. The second-order valence-corrected chi connectivity index (χ2v) is 7.31. The van der Waals surface area contributed by atoms with E-state index in [2.05, 4.69) is 16.2 Å². The number of hydrazine groups is 1. The van der Waals surface area contributed by atoms with Crippen molar-refractivity contribution in [3.63, 3.8) is 0 Å². The Kier molecular flexibility index (Phi) is 7.17. The first-order chi connectivity index (χ1) is 14.9. The molecule has 158 valence electrons. The van der Waals surface area contributed by atoms with E-state index in [4.69, 9.17) is 0 Å². The second-order valence-electron chi connectivity index (χ2n) is 7.31. The average Bonchev–Trinajstić information content (AvgIpc) is 2.78. The van der Waals surface area contributed by atoms with E-state index in [1.54, 1.807) is 12.1 Å². The Morgan fingerprint density at radius 2 is 1.35 bits per heavy atom. The first-order valence-electron chi connectivity index (χ1n) is 10.0. The molecule has 31 heavy (non-hydrogen) atoms. The quantitative estimate of drug-likeness (QED) is 0.529. The van der Waals surface area contributed by atoms with Crippen LogP contribution in [0.2, 0.25) is 0 Å². The van der Waals surface area contributed by atoms with Crippen molar-refractivity contribution < 1.29 is 14.4 Å². The van der Waals surface area contributed by atoms with Crippen LogP contribution in [0.25, 0.3) is 11.1 Å². The number of carbonyl (C=O) groups is 3. The maximum Gasteiger partial charge on any atom is 0.269 e. The predicted octanol–water partition coefficient (Wildman–Crippen LogP) is 4.15. The van der Waals surface area contributed by atoms with Crippen LogP contribution in [0, 0.1) is 13.8 Å². The lowest BCUT2D eigenvalue weighted by Crippen LogP contribution is -2.41. The minimum absolute atomic E-state index is 0.0147. The molecule has 0 heterocycles. The molecule has 3 aromatic carbocycles. The van der Waals surface area contributed by atoms with Crippen LogP contribution >= 0.6 is 0 Å². The number of aryl methyl sites for hydroxylation is 2. The van der Waals surface area contributed by atoms with Crippen molar-refractivity contribution in [1.29, 1.82) is 0 Å². The van der Waals surface area contributed by atoms with Gasteiger partial charge in [0.1, 0.15) is 0 Å². The maximum absolute atomic E-state index is 12.2. The molecule has 3 amide bonds. The maximum atomic E-state index is 12.2. The van der Waals surface area contributed by atoms with Gasteiger partial charge in [0.15, 0.2) is 0 Å².